The molecule has 0 saturated heterocycles. The zero-order valence-electron chi connectivity index (χ0n) is 19.2. The molecule has 0 spiro atoms. The highest BCUT2D eigenvalue weighted by Gasteiger charge is 2.17. The van der Waals surface area contributed by atoms with Crippen LogP contribution in [-0.4, -0.2) is 20.1 Å². The molecule has 0 atom stereocenters. The zero-order valence-corrected chi connectivity index (χ0v) is 19.2. The fourth-order valence-electron chi connectivity index (χ4n) is 4.00. The predicted octanol–water partition coefficient (Wildman–Crippen LogP) is 6.97. The summed E-state index contributed by atoms with van der Waals surface area (Å²) in [6.07, 6.45) is 0. The third-order valence-electron chi connectivity index (χ3n) is 6.30. The number of rotatable bonds is 3. The van der Waals surface area contributed by atoms with Gasteiger partial charge in [0.05, 0.1) is 5.56 Å². The number of hydrogen-bond donors (Lipinski definition) is 1. The molecule has 0 aliphatic rings. The second-order valence-corrected chi connectivity index (χ2v) is 8.59. The van der Waals surface area contributed by atoms with Crippen LogP contribution in [0.4, 0.5) is 0 Å². The van der Waals surface area contributed by atoms with Crippen LogP contribution < -0.4 is 0 Å². The van der Waals surface area contributed by atoms with Crippen molar-refractivity contribution in [1.82, 2.24) is 15.0 Å². The maximum absolute atomic E-state index is 10.8. The summed E-state index contributed by atoms with van der Waals surface area (Å²) in [6, 6.07) is 24.0. The molecular weight excluding hydrogens is 406 g/mol. The standard InChI is InChI=1S/C29H25N3O/c1-17-9-11-22(15-19(17)3)27-30-28(23-12-10-18(2)20(4)16-23)32-29(31-27)26-24-8-6-5-7-21(24)13-14-25(26)33/h5-16,33H,1-4H3. The van der Waals surface area contributed by atoms with Crippen molar-refractivity contribution in [3.8, 4) is 39.9 Å². The first-order valence-electron chi connectivity index (χ1n) is 11.0. The molecule has 1 N–H and O–H groups in total. The molecule has 162 valence electrons. The van der Waals surface area contributed by atoms with Crippen molar-refractivity contribution in [3.05, 3.63) is 95.1 Å². The monoisotopic (exact) mass is 431 g/mol. The van der Waals surface area contributed by atoms with Crippen molar-refractivity contribution in [2.24, 2.45) is 0 Å². The van der Waals surface area contributed by atoms with Gasteiger partial charge < -0.3 is 5.11 Å². The molecule has 0 radical (unpaired) electrons. The van der Waals surface area contributed by atoms with Gasteiger partial charge in [-0.1, -0.05) is 54.6 Å². The summed E-state index contributed by atoms with van der Waals surface area (Å²) < 4.78 is 0. The summed E-state index contributed by atoms with van der Waals surface area (Å²) in [7, 11) is 0. The fourth-order valence-corrected chi connectivity index (χ4v) is 4.00. The van der Waals surface area contributed by atoms with E-state index < -0.39 is 0 Å². The second kappa shape index (κ2) is 8.14. The molecule has 0 unspecified atom stereocenters. The maximum Gasteiger partial charge on any atom is 0.168 e. The largest absolute Gasteiger partial charge is 0.507 e. The van der Waals surface area contributed by atoms with Crippen LogP contribution in [-0.2, 0) is 0 Å². The molecule has 0 aliphatic carbocycles. The Morgan fingerprint density at radius 2 is 1.09 bits per heavy atom. The number of benzene rings is 4. The van der Waals surface area contributed by atoms with Crippen LogP contribution in [0, 0.1) is 27.7 Å². The average Bonchev–Trinajstić information content (AvgIpc) is 2.82. The van der Waals surface area contributed by atoms with E-state index in [1.165, 1.54) is 22.3 Å². The van der Waals surface area contributed by atoms with Gasteiger partial charge in [-0.15, -0.1) is 0 Å². The van der Waals surface area contributed by atoms with Gasteiger partial charge in [-0.05, 0) is 78.9 Å². The summed E-state index contributed by atoms with van der Waals surface area (Å²) in [6.45, 7) is 8.35. The molecule has 1 aromatic heterocycles. The Kier molecular flexibility index (Phi) is 5.14. The molecule has 33 heavy (non-hydrogen) atoms. The maximum atomic E-state index is 10.8. The minimum Gasteiger partial charge on any atom is -0.507 e. The molecule has 4 aromatic carbocycles. The van der Waals surface area contributed by atoms with E-state index in [2.05, 4.69) is 52.0 Å². The van der Waals surface area contributed by atoms with Gasteiger partial charge in [0.2, 0.25) is 0 Å². The van der Waals surface area contributed by atoms with Gasteiger partial charge in [0, 0.05) is 11.1 Å². The summed E-state index contributed by atoms with van der Waals surface area (Å²) in [5, 5.41) is 12.8. The minimum atomic E-state index is 0.150. The Hall–Kier alpha value is -4.05. The van der Waals surface area contributed by atoms with Crippen LogP contribution in [0.1, 0.15) is 22.3 Å². The number of fused-ring (bicyclic) bond motifs is 1. The van der Waals surface area contributed by atoms with Crippen LogP contribution in [0.2, 0.25) is 0 Å². The molecule has 0 saturated carbocycles. The predicted molar refractivity (Wildman–Crippen MR) is 134 cm³/mol. The first-order valence-corrected chi connectivity index (χ1v) is 11.0. The number of hydrogen-bond acceptors (Lipinski definition) is 4. The van der Waals surface area contributed by atoms with Crippen LogP contribution in [0.3, 0.4) is 0 Å². The molecule has 0 aliphatic heterocycles. The van der Waals surface area contributed by atoms with E-state index in [9.17, 15) is 5.11 Å². The fraction of sp³-hybridized carbons (Fsp3) is 0.138. The van der Waals surface area contributed by atoms with E-state index in [4.69, 9.17) is 15.0 Å². The van der Waals surface area contributed by atoms with Crippen molar-refractivity contribution in [1.29, 1.82) is 0 Å². The summed E-state index contributed by atoms with van der Waals surface area (Å²) >= 11 is 0. The van der Waals surface area contributed by atoms with Gasteiger partial charge in [-0.2, -0.15) is 0 Å². The number of phenols is 1. The van der Waals surface area contributed by atoms with Gasteiger partial charge in [-0.3, -0.25) is 0 Å². The molecule has 5 rings (SSSR count). The Balaban J connectivity index is 1.81. The molecule has 1 heterocycles. The highest BCUT2D eigenvalue weighted by atomic mass is 16.3. The molecule has 4 nitrogen and oxygen atoms in total. The van der Waals surface area contributed by atoms with Crippen molar-refractivity contribution in [2.75, 3.05) is 0 Å². The number of aryl methyl sites for hydroxylation is 4. The van der Waals surface area contributed by atoms with Gasteiger partial charge in [0.15, 0.2) is 17.5 Å². The average molecular weight is 432 g/mol. The van der Waals surface area contributed by atoms with Gasteiger partial charge in [0.25, 0.3) is 0 Å². The first kappa shape index (κ1) is 20.8. The summed E-state index contributed by atoms with van der Waals surface area (Å²) in [5.41, 5.74) is 7.25. The molecule has 0 amide bonds. The minimum absolute atomic E-state index is 0.150. The Morgan fingerprint density at radius 1 is 0.545 bits per heavy atom. The van der Waals surface area contributed by atoms with Crippen LogP contribution in [0.5, 0.6) is 5.75 Å². The molecule has 0 fully saturated rings. The third kappa shape index (κ3) is 3.85. The second-order valence-electron chi connectivity index (χ2n) is 8.59. The molecule has 4 heteroatoms. The summed E-state index contributed by atoms with van der Waals surface area (Å²) in [5.74, 6) is 1.78. The lowest BCUT2D eigenvalue weighted by Crippen LogP contribution is -2.01. The smallest absolute Gasteiger partial charge is 0.168 e. The lowest BCUT2D eigenvalue weighted by Gasteiger charge is -2.12. The van der Waals surface area contributed by atoms with E-state index in [0.29, 0.717) is 23.0 Å². The molecule has 0 bridgehead atoms. The van der Waals surface area contributed by atoms with E-state index in [0.717, 1.165) is 21.9 Å². The molecule has 5 aromatic rings. The first-order chi connectivity index (χ1) is 15.9. The Morgan fingerprint density at radius 3 is 1.67 bits per heavy atom. The zero-order chi connectivity index (χ0) is 23.1. The number of aromatic hydroxyl groups is 1. The van der Waals surface area contributed by atoms with E-state index in [1.807, 2.05) is 42.5 Å². The van der Waals surface area contributed by atoms with Crippen LogP contribution in [0.15, 0.2) is 72.8 Å². The highest BCUT2D eigenvalue weighted by molar-refractivity contribution is 5.98. The SMILES string of the molecule is Cc1ccc(-c2nc(-c3ccc(C)c(C)c3)nc(-c3c(O)ccc4ccccc34)n2)cc1C. The van der Waals surface area contributed by atoms with E-state index >= 15 is 0 Å². The van der Waals surface area contributed by atoms with Crippen LogP contribution >= 0.6 is 0 Å². The Labute approximate surface area is 193 Å². The van der Waals surface area contributed by atoms with Crippen LogP contribution in [0.25, 0.3) is 44.9 Å². The third-order valence-corrected chi connectivity index (χ3v) is 6.30. The topological polar surface area (TPSA) is 58.9 Å². The van der Waals surface area contributed by atoms with Crippen molar-refractivity contribution >= 4 is 10.8 Å². The lowest BCUT2D eigenvalue weighted by atomic mass is 10.0. The quantitative estimate of drug-likeness (QED) is 0.335. The van der Waals surface area contributed by atoms with Crippen molar-refractivity contribution in [2.45, 2.75) is 27.7 Å². The Bertz CT molecular complexity index is 1450. The van der Waals surface area contributed by atoms with E-state index in [1.54, 1.807) is 6.07 Å². The highest BCUT2D eigenvalue weighted by Crippen LogP contribution is 2.36. The van der Waals surface area contributed by atoms with Gasteiger partial charge in [-0.25, -0.2) is 15.0 Å². The van der Waals surface area contributed by atoms with E-state index in [-0.39, 0.29) is 5.75 Å². The number of aromatic nitrogens is 3. The number of nitrogens with zero attached hydrogens (tertiary/aromatic N) is 3. The van der Waals surface area contributed by atoms with Gasteiger partial charge >= 0.3 is 0 Å². The molecular formula is C29H25N3O. The number of phenolic OH excluding ortho intramolecular Hbond substituents is 1. The van der Waals surface area contributed by atoms with Crippen molar-refractivity contribution in [3.63, 3.8) is 0 Å². The van der Waals surface area contributed by atoms with Gasteiger partial charge in [0.1, 0.15) is 5.75 Å². The summed E-state index contributed by atoms with van der Waals surface area (Å²) in [4.78, 5) is 14.5. The normalized spacial score (nSPS) is 11.2. The van der Waals surface area contributed by atoms with Crippen molar-refractivity contribution < 1.29 is 5.11 Å². The lowest BCUT2D eigenvalue weighted by molar-refractivity contribution is 0.477.